The Bertz CT molecular complexity index is 670. The highest BCUT2D eigenvalue weighted by atomic mass is 32.2. The molecule has 1 saturated carbocycles. The van der Waals surface area contributed by atoms with Gasteiger partial charge in [-0.1, -0.05) is 12.8 Å². The van der Waals surface area contributed by atoms with E-state index in [-0.39, 0.29) is 17.1 Å². The number of hydrogen-bond donors (Lipinski definition) is 2. The van der Waals surface area contributed by atoms with Gasteiger partial charge >= 0.3 is 5.97 Å². The van der Waals surface area contributed by atoms with Crippen LogP contribution in [0.25, 0.3) is 0 Å². The van der Waals surface area contributed by atoms with Crippen molar-refractivity contribution in [2.45, 2.75) is 30.6 Å². The largest absolute Gasteiger partial charge is 0.481 e. The van der Waals surface area contributed by atoms with Crippen molar-refractivity contribution in [3.8, 4) is 6.07 Å². The molecule has 1 aromatic rings. The maximum Gasteiger partial charge on any atom is 0.310 e. The molecule has 8 heteroatoms. The minimum atomic E-state index is -3.83. The van der Waals surface area contributed by atoms with Crippen molar-refractivity contribution in [1.82, 2.24) is 9.71 Å². The van der Waals surface area contributed by atoms with Crippen LogP contribution in [0.1, 0.15) is 31.4 Å². The number of sulfonamides is 1. The van der Waals surface area contributed by atoms with Crippen LogP contribution in [0.15, 0.2) is 23.2 Å². The molecule has 1 aliphatic carbocycles. The first-order valence-corrected chi connectivity index (χ1v) is 7.97. The Morgan fingerprint density at radius 2 is 2.10 bits per heavy atom. The number of carboxylic acids is 1. The van der Waals surface area contributed by atoms with Crippen molar-refractivity contribution in [3.63, 3.8) is 0 Å². The van der Waals surface area contributed by atoms with Gasteiger partial charge in [-0.3, -0.25) is 4.79 Å². The van der Waals surface area contributed by atoms with E-state index in [4.69, 9.17) is 5.26 Å². The normalized spacial score (nSPS) is 17.3. The third-order valence-electron chi connectivity index (χ3n) is 3.78. The summed E-state index contributed by atoms with van der Waals surface area (Å²) in [6.07, 6.45) is 3.59. The standard InChI is InChI=1S/C13H15N3O4S/c14-7-10-3-4-11(8-15-10)21(19,20)16-9-13(12(17)18)5-1-2-6-13/h3-4,8,16H,1-2,5-6,9H2,(H,17,18). The molecule has 21 heavy (non-hydrogen) atoms. The molecule has 0 aliphatic heterocycles. The van der Waals surface area contributed by atoms with Gasteiger partial charge in [-0.25, -0.2) is 18.1 Å². The van der Waals surface area contributed by atoms with Gasteiger partial charge in [0.15, 0.2) is 0 Å². The maximum atomic E-state index is 12.1. The number of hydrogen-bond acceptors (Lipinski definition) is 5. The summed E-state index contributed by atoms with van der Waals surface area (Å²) in [4.78, 5) is 15.0. The zero-order valence-electron chi connectivity index (χ0n) is 11.2. The molecule has 0 spiro atoms. The van der Waals surface area contributed by atoms with Crippen molar-refractivity contribution in [3.05, 3.63) is 24.0 Å². The topological polar surface area (TPSA) is 120 Å². The Labute approximate surface area is 122 Å². The van der Waals surface area contributed by atoms with Gasteiger partial charge in [0.1, 0.15) is 16.7 Å². The van der Waals surface area contributed by atoms with Crippen LogP contribution in [0.2, 0.25) is 0 Å². The van der Waals surface area contributed by atoms with Crippen molar-refractivity contribution in [2.24, 2.45) is 5.41 Å². The molecule has 1 fully saturated rings. The van der Waals surface area contributed by atoms with Crippen LogP contribution in [0.4, 0.5) is 0 Å². The Balaban J connectivity index is 2.14. The summed E-state index contributed by atoms with van der Waals surface area (Å²) in [6, 6.07) is 4.38. The quantitative estimate of drug-likeness (QED) is 0.833. The first-order chi connectivity index (χ1) is 9.89. The van der Waals surface area contributed by atoms with E-state index in [1.54, 1.807) is 6.07 Å². The van der Waals surface area contributed by atoms with Gasteiger partial charge in [0, 0.05) is 12.7 Å². The van der Waals surface area contributed by atoms with Crippen LogP contribution in [0.5, 0.6) is 0 Å². The van der Waals surface area contributed by atoms with Crippen molar-refractivity contribution < 1.29 is 18.3 Å². The van der Waals surface area contributed by atoms with E-state index in [2.05, 4.69) is 9.71 Å². The molecule has 0 atom stereocenters. The first-order valence-electron chi connectivity index (χ1n) is 6.49. The molecule has 2 rings (SSSR count). The third-order valence-corrected chi connectivity index (χ3v) is 5.16. The molecule has 0 radical (unpaired) electrons. The van der Waals surface area contributed by atoms with Gasteiger partial charge in [0.2, 0.25) is 10.0 Å². The summed E-state index contributed by atoms with van der Waals surface area (Å²) in [5, 5.41) is 17.9. The minimum Gasteiger partial charge on any atom is -0.481 e. The molecule has 1 aromatic heterocycles. The Morgan fingerprint density at radius 1 is 1.43 bits per heavy atom. The summed E-state index contributed by atoms with van der Waals surface area (Å²) in [5.41, 5.74) is -0.903. The monoisotopic (exact) mass is 309 g/mol. The average molecular weight is 309 g/mol. The fourth-order valence-corrected chi connectivity index (χ4v) is 3.51. The van der Waals surface area contributed by atoms with Crippen LogP contribution < -0.4 is 4.72 Å². The van der Waals surface area contributed by atoms with E-state index < -0.39 is 21.4 Å². The third kappa shape index (κ3) is 3.20. The molecular formula is C13H15N3O4S. The minimum absolute atomic E-state index is 0.0833. The number of nitriles is 1. The predicted octanol–water partition coefficient (Wildman–Crippen LogP) is 0.877. The summed E-state index contributed by atoms with van der Waals surface area (Å²) in [7, 11) is -3.83. The zero-order chi connectivity index (χ0) is 15.5. The first kappa shape index (κ1) is 15.4. The van der Waals surface area contributed by atoms with E-state index in [1.807, 2.05) is 0 Å². The predicted molar refractivity (Wildman–Crippen MR) is 72.7 cm³/mol. The maximum absolute atomic E-state index is 12.1. The van der Waals surface area contributed by atoms with Crippen LogP contribution in [-0.2, 0) is 14.8 Å². The molecule has 0 amide bonds. The molecule has 112 valence electrons. The van der Waals surface area contributed by atoms with Crippen LogP contribution in [0, 0.1) is 16.7 Å². The zero-order valence-corrected chi connectivity index (χ0v) is 12.1. The SMILES string of the molecule is N#Cc1ccc(S(=O)(=O)NCC2(C(=O)O)CCCC2)cn1. The second-order valence-corrected chi connectivity index (χ2v) is 6.88. The lowest BCUT2D eigenvalue weighted by Crippen LogP contribution is -2.41. The van der Waals surface area contributed by atoms with E-state index in [0.717, 1.165) is 19.0 Å². The number of aromatic nitrogens is 1. The molecular weight excluding hydrogens is 294 g/mol. The Morgan fingerprint density at radius 3 is 2.57 bits per heavy atom. The highest BCUT2D eigenvalue weighted by molar-refractivity contribution is 7.89. The number of nitrogens with one attached hydrogen (secondary N) is 1. The lowest BCUT2D eigenvalue weighted by molar-refractivity contribution is -0.148. The highest BCUT2D eigenvalue weighted by Gasteiger charge is 2.42. The number of nitrogens with zero attached hydrogens (tertiary/aromatic N) is 2. The highest BCUT2D eigenvalue weighted by Crippen LogP contribution is 2.38. The van der Waals surface area contributed by atoms with Gasteiger partial charge in [-0.05, 0) is 25.0 Å². The molecule has 7 nitrogen and oxygen atoms in total. The van der Waals surface area contributed by atoms with E-state index in [9.17, 15) is 18.3 Å². The number of rotatable bonds is 5. The lowest BCUT2D eigenvalue weighted by atomic mass is 9.87. The second kappa shape index (κ2) is 5.79. The summed E-state index contributed by atoms with van der Waals surface area (Å²) in [5.74, 6) is -0.972. The average Bonchev–Trinajstić information content (AvgIpc) is 2.96. The smallest absolute Gasteiger partial charge is 0.310 e. The molecule has 2 N–H and O–H groups in total. The second-order valence-electron chi connectivity index (χ2n) is 5.11. The number of carboxylic acid groups (broad SMARTS) is 1. The van der Waals surface area contributed by atoms with Crippen molar-refractivity contribution >= 4 is 16.0 Å². The molecule has 1 heterocycles. The Kier molecular flexibility index (Phi) is 4.25. The van der Waals surface area contributed by atoms with Crippen molar-refractivity contribution in [1.29, 1.82) is 5.26 Å². The number of aliphatic carboxylic acids is 1. The lowest BCUT2D eigenvalue weighted by Gasteiger charge is -2.23. The van der Waals surface area contributed by atoms with Crippen LogP contribution >= 0.6 is 0 Å². The van der Waals surface area contributed by atoms with Gasteiger partial charge in [0.25, 0.3) is 0 Å². The van der Waals surface area contributed by atoms with E-state index >= 15 is 0 Å². The van der Waals surface area contributed by atoms with Gasteiger partial charge in [-0.15, -0.1) is 0 Å². The molecule has 1 aliphatic rings. The van der Waals surface area contributed by atoms with Gasteiger partial charge in [-0.2, -0.15) is 5.26 Å². The number of carbonyl (C=O) groups is 1. The van der Waals surface area contributed by atoms with Gasteiger partial charge < -0.3 is 5.11 Å². The fourth-order valence-electron chi connectivity index (χ4n) is 2.44. The number of pyridine rings is 1. The summed E-state index contributed by atoms with van der Waals surface area (Å²) in [6.45, 7) is -0.134. The fraction of sp³-hybridized carbons (Fsp3) is 0.462. The summed E-state index contributed by atoms with van der Waals surface area (Å²) < 4.78 is 26.6. The van der Waals surface area contributed by atoms with E-state index in [1.165, 1.54) is 12.1 Å². The molecule has 0 unspecified atom stereocenters. The molecule has 0 aromatic carbocycles. The molecule has 0 saturated heterocycles. The van der Waals surface area contributed by atoms with Crippen molar-refractivity contribution in [2.75, 3.05) is 6.54 Å². The Hall–Kier alpha value is -1.98. The molecule has 0 bridgehead atoms. The van der Waals surface area contributed by atoms with E-state index in [0.29, 0.717) is 12.8 Å². The van der Waals surface area contributed by atoms with Gasteiger partial charge in [0.05, 0.1) is 5.41 Å². The van der Waals surface area contributed by atoms with Crippen LogP contribution in [-0.4, -0.2) is 31.0 Å². The van der Waals surface area contributed by atoms with Crippen LogP contribution in [0.3, 0.4) is 0 Å². The summed E-state index contributed by atoms with van der Waals surface area (Å²) >= 11 is 0.